The van der Waals surface area contributed by atoms with Gasteiger partial charge in [-0.05, 0) is 26.3 Å². The third-order valence-electron chi connectivity index (χ3n) is 4.69. The van der Waals surface area contributed by atoms with E-state index in [-0.39, 0.29) is 0 Å². The van der Waals surface area contributed by atoms with Crippen LogP contribution in [0.4, 0.5) is 5.82 Å². The largest absolute Gasteiger partial charge is 0.355 e. The lowest BCUT2D eigenvalue weighted by atomic mass is 10.0. The number of aryl methyl sites for hydroxylation is 2. The summed E-state index contributed by atoms with van der Waals surface area (Å²) in [5.41, 5.74) is 0.942. The molecule has 3 aromatic rings. The normalized spacial score (nSPS) is 18.8. The van der Waals surface area contributed by atoms with Crippen LogP contribution < -0.4 is 4.90 Å². The smallest absolute Gasteiger partial charge is 0.254 e. The summed E-state index contributed by atoms with van der Waals surface area (Å²) in [6.45, 7) is 6.51. The van der Waals surface area contributed by atoms with E-state index in [1.54, 1.807) is 10.8 Å². The first-order chi connectivity index (χ1) is 12.1. The lowest BCUT2D eigenvalue weighted by Gasteiger charge is -2.38. The van der Waals surface area contributed by atoms with Gasteiger partial charge in [0.1, 0.15) is 12.1 Å². The number of hydrogen-bond acceptors (Lipinski definition) is 8. The molecule has 132 valence electrons. The van der Waals surface area contributed by atoms with E-state index in [0.29, 0.717) is 17.7 Å². The predicted octanol–water partition coefficient (Wildman–Crippen LogP) is 1.22. The predicted molar refractivity (Wildman–Crippen MR) is 91.3 cm³/mol. The van der Waals surface area contributed by atoms with E-state index in [4.69, 9.17) is 4.52 Å². The van der Waals surface area contributed by atoms with Gasteiger partial charge in [0.05, 0.1) is 6.54 Å². The highest BCUT2D eigenvalue weighted by molar-refractivity contribution is 5.47. The summed E-state index contributed by atoms with van der Waals surface area (Å²) in [7, 11) is 2.11. The molecule has 0 amide bonds. The Morgan fingerprint density at radius 3 is 3.00 bits per heavy atom. The summed E-state index contributed by atoms with van der Waals surface area (Å²) < 4.78 is 6.88. The van der Waals surface area contributed by atoms with Gasteiger partial charge in [0.2, 0.25) is 5.89 Å². The van der Waals surface area contributed by atoms with Crippen molar-refractivity contribution in [3.63, 3.8) is 0 Å². The maximum Gasteiger partial charge on any atom is 0.254 e. The summed E-state index contributed by atoms with van der Waals surface area (Å²) in [5.74, 6) is 3.01. The molecule has 1 aliphatic rings. The summed E-state index contributed by atoms with van der Waals surface area (Å²) in [6.07, 6.45) is 3.82. The molecule has 0 bridgehead atoms. The average molecular weight is 342 g/mol. The number of aromatic nitrogens is 6. The molecular weight excluding hydrogens is 320 g/mol. The van der Waals surface area contributed by atoms with Gasteiger partial charge in [-0.2, -0.15) is 19.6 Å². The zero-order valence-electron chi connectivity index (χ0n) is 14.8. The van der Waals surface area contributed by atoms with Crippen molar-refractivity contribution < 1.29 is 4.52 Å². The molecule has 9 heteroatoms. The number of hydrogen-bond donors (Lipinski definition) is 0. The van der Waals surface area contributed by atoms with E-state index >= 15 is 0 Å². The molecule has 0 radical (unpaired) electrons. The molecule has 1 saturated heterocycles. The second-order valence-electron chi connectivity index (χ2n) is 6.60. The Morgan fingerprint density at radius 1 is 1.32 bits per heavy atom. The highest BCUT2D eigenvalue weighted by atomic mass is 16.5. The third-order valence-corrected chi connectivity index (χ3v) is 4.69. The van der Waals surface area contributed by atoms with Crippen LogP contribution in [-0.4, -0.2) is 60.8 Å². The minimum atomic E-state index is 0.385. The minimum Gasteiger partial charge on any atom is -0.355 e. The molecule has 1 fully saturated rings. The maximum absolute atomic E-state index is 5.08. The Bertz CT molecular complexity index is 872. The number of anilines is 1. The number of likely N-dealkylation sites (N-methyl/N-ethyl adjacent to an activating group) is 1. The van der Waals surface area contributed by atoms with E-state index in [2.05, 4.69) is 48.1 Å². The van der Waals surface area contributed by atoms with Gasteiger partial charge in [0, 0.05) is 38.3 Å². The minimum absolute atomic E-state index is 0.385. The van der Waals surface area contributed by atoms with Crippen molar-refractivity contribution in [3.8, 4) is 0 Å². The number of likely N-dealkylation sites (tertiary alicyclic amines) is 1. The Labute approximate surface area is 145 Å². The molecule has 0 spiro atoms. The van der Waals surface area contributed by atoms with Crippen LogP contribution in [0.3, 0.4) is 0 Å². The van der Waals surface area contributed by atoms with Gasteiger partial charge in [-0.3, -0.25) is 4.90 Å². The molecule has 9 nitrogen and oxygen atoms in total. The van der Waals surface area contributed by atoms with Gasteiger partial charge in [0.25, 0.3) is 5.78 Å². The topological polar surface area (TPSA) is 88.5 Å². The fraction of sp³-hybridized carbons (Fsp3) is 0.562. The van der Waals surface area contributed by atoms with E-state index in [1.165, 1.54) is 0 Å². The lowest BCUT2D eigenvalue weighted by molar-refractivity contribution is 0.192. The van der Waals surface area contributed by atoms with Crippen LogP contribution in [0.25, 0.3) is 5.78 Å². The molecule has 4 rings (SSSR count). The van der Waals surface area contributed by atoms with E-state index in [9.17, 15) is 0 Å². The van der Waals surface area contributed by atoms with Crippen molar-refractivity contribution >= 4 is 11.6 Å². The number of nitrogens with zero attached hydrogens (tertiary/aromatic N) is 8. The van der Waals surface area contributed by atoms with Crippen LogP contribution in [0.1, 0.15) is 30.3 Å². The zero-order valence-corrected chi connectivity index (χ0v) is 14.8. The molecule has 0 N–H and O–H groups in total. The van der Waals surface area contributed by atoms with Crippen molar-refractivity contribution in [2.75, 3.05) is 25.0 Å². The van der Waals surface area contributed by atoms with Crippen LogP contribution >= 0.6 is 0 Å². The Balaban J connectivity index is 1.53. The van der Waals surface area contributed by atoms with Crippen LogP contribution in [0, 0.1) is 13.8 Å². The second kappa shape index (κ2) is 6.40. The van der Waals surface area contributed by atoms with Crippen LogP contribution in [0.2, 0.25) is 0 Å². The maximum atomic E-state index is 5.08. The first kappa shape index (κ1) is 15.9. The highest BCUT2D eigenvalue weighted by Gasteiger charge is 2.26. The SMILES string of the molecule is Cc1cc(N(C)C2CCCN(Cc3noc(C)n3)C2)n2ncnc2n1. The molecule has 0 aromatic carbocycles. The molecular formula is C16H22N8O. The molecule has 25 heavy (non-hydrogen) atoms. The monoisotopic (exact) mass is 342 g/mol. The van der Waals surface area contributed by atoms with E-state index in [1.807, 2.05) is 13.8 Å². The molecule has 0 aliphatic carbocycles. The highest BCUT2D eigenvalue weighted by Crippen LogP contribution is 2.23. The Hall–Kier alpha value is -2.55. The summed E-state index contributed by atoms with van der Waals surface area (Å²) in [5, 5.41) is 8.33. The van der Waals surface area contributed by atoms with Gasteiger partial charge in [-0.25, -0.2) is 4.98 Å². The van der Waals surface area contributed by atoms with Crippen molar-refractivity contribution in [1.29, 1.82) is 0 Å². The second-order valence-corrected chi connectivity index (χ2v) is 6.60. The van der Waals surface area contributed by atoms with Gasteiger partial charge in [0.15, 0.2) is 5.82 Å². The number of rotatable bonds is 4. The first-order valence-electron chi connectivity index (χ1n) is 8.52. The van der Waals surface area contributed by atoms with Crippen molar-refractivity contribution in [1.82, 2.24) is 34.6 Å². The molecule has 1 aliphatic heterocycles. The molecule has 1 unspecified atom stereocenters. The fourth-order valence-corrected chi connectivity index (χ4v) is 3.45. The van der Waals surface area contributed by atoms with E-state index < -0.39 is 0 Å². The molecule has 0 saturated carbocycles. The summed E-state index contributed by atoms with van der Waals surface area (Å²) in [4.78, 5) is 17.6. The Kier molecular flexibility index (Phi) is 4.08. The summed E-state index contributed by atoms with van der Waals surface area (Å²) in [6, 6.07) is 2.44. The van der Waals surface area contributed by atoms with Crippen LogP contribution in [0.5, 0.6) is 0 Å². The van der Waals surface area contributed by atoms with Gasteiger partial charge < -0.3 is 9.42 Å². The Morgan fingerprint density at radius 2 is 2.20 bits per heavy atom. The van der Waals surface area contributed by atoms with Crippen molar-refractivity contribution in [2.45, 2.75) is 39.3 Å². The molecule has 3 aromatic heterocycles. The van der Waals surface area contributed by atoms with E-state index in [0.717, 1.165) is 49.8 Å². The van der Waals surface area contributed by atoms with Crippen LogP contribution in [0.15, 0.2) is 16.9 Å². The zero-order chi connectivity index (χ0) is 17.4. The van der Waals surface area contributed by atoms with Gasteiger partial charge >= 0.3 is 0 Å². The van der Waals surface area contributed by atoms with Crippen molar-refractivity contribution in [2.24, 2.45) is 0 Å². The molecule has 1 atom stereocenters. The quantitative estimate of drug-likeness (QED) is 0.699. The van der Waals surface area contributed by atoms with Gasteiger partial charge in [-0.15, -0.1) is 0 Å². The standard InChI is InChI=1S/C16H22N8O/c1-11-7-15(24-16(19-11)17-10-18-24)22(3)13-5-4-6-23(8-13)9-14-20-12(2)25-21-14/h7,10,13H,4-6,8-9H2,1-3H3. The summed E-state index contributed by atoms with van der Waals surface area (Å²) >= 11 is 0. The fourth-order valence-electron chi connectivity index (χ4n) is 3.45. The third kappa shape index (κ3) is 3.19. The number of piperidine rings is 1. The first-order valence-corrected chi connectivity index (χ1v) is 8.52. The van der Waals surface area contributed by atoms with Crippen LogP contribution in [-0.2, 0) is 6.54 Å². The van der Waals surface area contributed by atoms with Crippen molar-refractivity contribution in [3.05, 3.63) is 29.8 Å². The lowest BCUT2D eigenvalue weighted by Crippen LogP contribution is -2.47. The number of fused-ring (bicyclic) bond motifs is 1. The van der Waals surface area contributed by atoms with Gasteiger partial charge in [-0.1, -0.05) is 5.16 Å². The average Bonchev–Trinajstić information content (AvgIpc) is 3.22. The molecule has 4 heterocycles.